The lowest BCUT2D eigenvalue weighted by molar-refractivity contribution is 0.0511. The number of carbonyl (C=O) groups is 3. The van der Waals surface area contributed by atoms with Crippen LogP contribution in [0, 0.1) is 0 Å². The van der Waals surface area contributed by atoms with Crippen molar-refractivity contribution in [3.63, 3.8) is 0 Å². The van der Waals surface area contributed by atoms with Crippen molar-refractivity contribution in [3.8, 4) is 5.75 Å². The van der Waals surface area contributed by atoms with Gasteiger partial charge in [-0.05, 0) is 17.7 Å². The highest BCUT2D eigenvalue weighted by Gasteiger charge is 2.13. The number of azide groups is 1. The maximum atomic E-state index is 12.0. The first-order valence-electron chi connectivity index (χ1n) is 7.36. The van der Waals surface area contributed by atoms with E-state index >= 15 is 0 Å². The molecule has 0 radical (unpaired) electrons. The van der Waals surface area contributed by atoms with E-state index in [-0.39, 0.29) is 36.4 Å². The number of phenolic OH excluding ortho intramolecular Hbond substituents is 1. The lowest BCUT2D eigenvalue weighted by atomic mass is 10.0. The topological polar surface area (TPSA) is 151 Å². The van der Waals surface area contributed by atoms with Gasteiger partial charge in [0.1, 0.15) is 5.75 Å². The van der Waals surface area contributed by atoms with Gasteiger partial charge >= 0.3 is 0 Å². The predicted octanol–water partition coefficient (Wildman–Crippen LogP) is 1.09. The van der Waals surface area contributed by atoms with E-state index in [1.807, 2.05) is 0 Å². The number of carbonyl (C=O) groups excluding carboxylic acids is 3. The Balaban J connectivity index is 2.32. The van der Waals surface area contributed by atoms with E-state index in [9.17, 15) is 19.5 Å². The van der Waals surface area contributed by atoms with Crippen LogP contribution in [0.15, 0.2) is 17.2 Å². The van der Waals surface area contributed by atoms with Crippen molar-refractivity contribution in [2.45, 2.75) is 0 Å². The molecule has 0 heterocycles. The number of aldehydes is 2. The van der Waals surface area contributed by atoms with Crippen LogP contribution in [0.3, 0.4) is 0 Å². The molecule has 1 amide bonds. The summed E-state index contributed by atoms with van der Waals surface area (Å²) in [5, 5.41) is 15.5. The highest BCUT2D eigenvalue weighted by atomic mass is 16.5. The fraction of sp³-hybridized carbons (Fsp3) is 0.400. The van der Waals surface area contributed by atoms with Gasteiger partial charge in [-0.25, -0.2) is 0 Å². The predicted molar refractivity (Wildman–Crippen MR) is 86.9 cm³/mol. The van der Waals surface area contributed by atoms with E-state index in [2.05, 4.69) is 15.3 Å². The zero-order valence-electron chi connectivity index (χ0n) is 13.4. The molecule has 0 aliphatic carbocycles. The minimum Gasteiger partial charge on any atom is -0.506 e. The summed E-state index contributed by atoms with van der Waals surface area (Å²) in [6.45, 7) is 1.66. The summed E-state index contributed by atoms with van der Waals surface area (Å²) in [5.74, 6) is -0.953. The van der Waals surface area contributed by atoms with Crippen LogP contribution in [0.25, 0.3) is 10.4 Å². The first-order chi connectivity index (χ1) is 12.1. The maximum Gasteiger partial charge on any atom is 0.251 e. The van der Waals surface area contributed by atoms with Gasteiger partial charge < -0.3 is 19.9 Å². The smallest absolute Gasteiger partial charge is 0.251 e. The Kier molecular flexibility index (Phi) is 9.31. The number of aromatic hydroxyl groups is 1. The van der Waals surface area contributed by atoms with Gasteiger partial charge in [-0.2, -0.15) is 0 Å². The SMILES string of the molecule is [N-]=[N+]=NCCOCCOCCNC(=O)c1cc(C=O)c(O)c(C=O)c1. The van der Waals surface area contributed by atoms with Crippen LogP contribution in [0.4, 0.5) is 0 Å². The molecule has 0 unspecified atom stereocenters. The van der Waals surface area contributed by atoms with E-state index in [1.54, 1.807) is 0 Å². The van der Waals surface area contributed by atoms with E-state index in [0.717, 1.165) is 0 Å². The van der Waals surface area contributed by atoms with E-state index in [1.165, 1.54) is 12.1 Å². The molecule has 10 nitrogen and oxygen atoms in total. The molecule has 0 spiro atoms. The summed E-state index contributed by atoms with van der Waals surface area (Å²) in [4.78, 5) is 36.3. The molecular formula is C15H18N4O6. The van der Waals surface area contributed by atoms with Crippen LogP contribution in [0.1, 0.15) is 31.1 Å². The van der Waals surface area contributed by atoms with Crippen LogP contribution >= 0.6 is 0 Å². The van der Waals surface area contributed by atoms with Gasteiger partial charge in [0.2, 0.25) is 0 Å². The van der Waals surface area contributed by atoms with E-state index in [0.29, 0.717) is 32.4 Å². The van der Waals surface area contributed by atoms with Gasteiger partial charge in [0.25, 0.3) is 5.91 Å². The Labute approximate surface area is 143 Å². The average molecular weight is 350 g/mol. The summed E-state index contributed by atoms with van der Waals surface area (Å²) in [6.07, 6.45) is 0.730. The van der Waals surface area contributed by atoms with E-state index in [4.69, 9.17) is 15.0 Å². The molecule has 0 saturated heterocycles. The molecule has 1 aromatic rings. The number of nitrogens with zero attached hydrogens (tertiary/aromatic N) is 3. The summed E-state index contributed by atoms with van der Waals surface area (Å²) in [6, 6.07) is 2.40. The minimum absolute atomic E-state index is 0.0865. The third-order valence-electron chi connectivity index (χ3n) is 2.99. The van der Waals surface area contributed by atoms with Gasteiger partial charge in [-0.3, -0.25) is 14.4 Å². The Morgan fingerprint density at radius 1 is 1.16 bits per heavy atom. The largest absolute Gasteiger partial charge is 0.506 e. The molecule has 25 heavy (non-hydrogen) atoms. The van der Waals surface area contributed by atoms with Gasteiger partial charge in [0.15, 0.2) is 12.6 Å². The lowest BCUT2D eigenvalue weighted by Crippen LogP contribution is -2.28. The Morgan fingerprint density at radius 3 is 2.32 bits per heavy atom. The average Bonchev–Trinajstić information content (AvgIpc) is 2.63. The fourth-order valence-electron chi connectivity index (χ4n) is 1.80. The highest BCUT2D eigenvalue weighted by Crippen LogP contribution is 2.21. The first-order valence-corrected chi connectivity index (χ1v) is 7.36. The Bertz CT molecular complexity index is 628. The van der Waals surface area contributed by atoms with Crippen LogP contribution in [0.5, 0.6) is 5.75 Å². The third kappa shape index (κ3) is 7.00. The van der Waals surface area contributed by atoms with Crippen molar-refractivity contribution in [3.05, 3.63) is 39.3 Å². The molecule has 1 aromatic carbocycles. The molecule has 0 aliphatic heterocycles. The van der Waals surface area contributed by atoms with Crippen LogP contribution in [-0.2, 0) is 9.47 Å². The maximum absolute atomic E-state index is 12.0. The van der Waals surface area contributed by atoms with Crippen molar-refractivity contribution in [1.82, 2.24) is 5.32 Å². The molecular weight excluding hydrogens is 332 g/mol. The summed E-state index contributed by atoms with van der Waals surface area (Å²) in [7, 11) is 0. The molecule has 0 bridgehead atoms. The molecule has 0 saturated carbocycles. The molecule has 134 valence electrons. The standard InChI is InChI=1S/C15H18N4O6/c16-19-18-2-4-25-6-5-24-3-1-17-15(23)11-7-12(9-20)14(22)13(8-11)10-21/h7-10,22H,1-6H2,(H,17,23). The second kappa shape index (κ2) is 11.6. The first kappa shape index (κ1) is 20.1. The van der Waals surface area contributed by atoms with Crippen molar-refractivity contribution in [2.24, 2.45) is 5.11 Å². The molecule has 0 atom stereocenters. The van der Waals surface area contributed by atoms with Gasteiger partial charge in [-0.15, -0.1) is 0 Å². The number of nitrogens with one attached hydrogen (secondary N) is 1. The van der Waals surface area contributed by atoms with E-state index < -0.39 is 11.7 Å². The van der Waals surface area contributed by atoms with Crippen molar-refractivity contribution in [1.29, 1.82) is 0 Å². The minimum atomic E-state index is -0.500. The number of benzene rings is 1. The second-order valence-corrected chi connectivity index (χ2v) is 4.67. The van der Waals surface area contributed by atoms with Crippen LogP contribution in [-0.4, -0.2) is 63.1 Å². The molecule has 0 aromatic heterocycles. The molecule has 0 aliphatic rings. The zero-order valence-corrected chi connectivity index (χ0v) is 13.4. The second-order valence-electron chi connectivity index (χ2n) is 4.67. The van der Waals surface area contributed by atoms with Crippen LogP contribution in [0.2, 0.25) is 0 Å². The Hall–Kier alpha value is -2.94. The lowest BCUT2D eigenvalue weighted by Gasteiger charge is -2.09. The molecule has 0 fully saturated rings. The number of phenols is 1. The van der Waals surface area contributed by atoms with Crippen molar-refractivity contribution >= 4 is 18.5 Å². The van der Waals surface area contributed by atoms with Crippen LogP contribution < -0.4 is 5.32 Å². The number of hydrogen-bond donors (Lipinski definition) is 2. The monoisotopic (exact) mass is 350 g/mol. The molecule has 10 heteroatoms. The molecule has 2 N–H and O–H groups in total. The third-order valence-corrected chi connectivity index (χ3v) is 2.99. The normalized spacial score (nSPS) is 9.92. The number of amides is 1. The summed E-state index contributed by atoms with van der Waals surface area (Å²) in [5.41, 5.74) is 7.88. The van der Waals surface area contributed by atoms with Gasteiger partial charge in [0.05, 0.1) is 37.6 Å². The van der Waals surface area contributed by atoms with Gasteiger partial charge in [0, 0.05) is 23.6 Å². The Morgan fingerprint density at radius 2 is 1.76 bits per heavy atom. The number of rotatable bonds is 12. The van der Waals surface area contributed by atoms with Gasteiger partial charge in [-0.1, -0.05) is 5.11 Å². The zero-order chi connectivity index (χ0) is 18.5. The quantitative estimate of drug-likeness (QED) is 0.189. The van der Waals surface area contributed by atoms with Crippen molar-refractivity contribution in [2.75, 3.05) is 39.5 Å². The molecule has 1 rings (SSSR count). The summed E-state index contributed by atoms with van der Waals surface area (Å²) >= 11 is 0. The highest BCUT2D eigenvalue weighted by molar-refractivity contribution is 5.99. The fourth-order valence-corrected chi connectivity index (χ4v) is 1.80. The van der Waals surface area contributed by atoms with Crippen molar-refractivity contribution < 1.29 is 29.0 Å². The summed E-state index contributed by atoms with van der Waals surface area (Å²) < 4.78 is 10.4. The number of ether oxygens (including phenoxy) is 2. The number of hydrogen-bond acceptors (Lipinski definition) is 7.